The van der Waals surface area contributed by atoms with Gasteiger partial charge in [-0.1, -0.05) is 24.3 Å². The van der Waals surface area contributed by atoms with Gasteiger partial charge in [-0.25, -0.2) is 4.68 Å². The van der Waals surface area contributed by atoms with E-state index in [1.807, 2.05) is 64.2 Å². The Morgan fingerprint density at radius 3 is 2.37 bits per heavy atom. The quantitative estimate of drug-likeness (QED) is 0.0859. The van der Waals surface area contributed by atoms with Crippen LogP contribution in [0.4, 0.5) is 11.5 Å². The molecule has 2 saturated heterocycles. The van der Waals surface area contributed by atoms with Gasteiger partial charge in [0.2, 0.25) is 23.6 Å². The van der Waals surface area contributed by atoms with Gasteiger partial charge in [-0.2, -0.15) is 5.10 Å². The number of primary amides is 1. The number of carbonyl (C=O) groups excluding carboxylic acids is 7. The molecule has 8 rings (SSSR count). The van der Waals surface area contributed by atoms with Gasteiger partial charge >= 0.3 is 0 Å². The van der Waals surface area contributed by atoms with Gasteiger partial charge in [-0.3, -0.25) is 48.7 Å². The van der Waals surface area contributed by atoms with E-state index in [0.717, 1.165) is 35.5 Å². The van der Waals surface area contributed by atoms with Crippen LogP contribution in [0, 0.1) is 5.92 Å². The van der Waals surface area contributed by atoms with Crippen molar-refractivity contribution in [1.29, 1.82) is 0 Å². The zero-order chi connectivity index (χ0) is 44.2. The normalized spacial score (nSPS) is 18.7. The third-order valence-electron chi connectivity index (χ3n) is 12.1. The van der Waals surface area contributed by atoms with Gasteiger partial charge in [0.1, 0.15) is 34.6 Å². The predicted molar refractivity (Wildman–Crippen MR) is 231 cm³/mol. The summed E-state index contributed by atoms with van der Waals surface area (Å²) in [5, 5.41) is 16.5. The molecule has 4 aromatic rings. The van der Waals surface area contributed by atoms with Crippen molar-refractivity contribution >= 4 is 52.9 Å². The summed E-state index contributed by atoms with van der Waals surface area (Å²) < 4.78 is 7.86. The maximum absolute atomic E-state index is 13.3. The van der Waals surface area contributed by atoms with Crippen LogP contribution in [0.5, 0.6) is 11.5 Å². The van der Waals surface area contributed by atoms with Crippen molar-refractivity contribution < 1.29 is 38.3 Å². The zero-order valence-electron chi connectivity index (χ0n) is 34.9. The average molecular weight is 859 g/mol. The molecular weight excluding hydrogens is 809 g/mol. The van der Waals surface area contributed by atoms with Crippen LogP contribution in [0.3, 0.4) is 0 Å². The van der Waals surface area contributed by atoms with Gasteiger partial charge in [-0.05, 0) is 87.2 Å². The molecule has 0 bridgehead atoms. The lowest BCUT2D eigenvalue weighted by Gasteiger charge is -2.38. The fourth-order valence-electron chi connectivity index (χ4n) is 8.90. The molecule has 63 heavy (non-hydrogen) atoms. The minimum atomic E-state index is -1.06. The minimum Gasteiger partial charge on any atom is -0.457 e. The smallest absolute Gasteiger partial charge is 0.264 e. The number of imide groups is 2. The second kappa shape index (κ2) is 18.5. The van der Waals surface area contributed by atoms with E-state index >= 15 is 0 Å². The third-order valence-corrected chi connectivity index (χ3v) is 12.1. The number of nitrogens with one attached hydrogen (secondary N) is 4. The van der Waals surface area contributed by atoms with Gasteiger partial charge in [-0.15, -0.1) is 0 Å². The van der Waals surface area contributed by atoms with Crippen molar-refractivity contribution in [2.24, 2.45) is 11.7 Å². The topological polar surface area (TPSA) is 230 Å². The van der Waals surface area contributed by atoms with Gasteiger partial charge in [0.15, 0.2) is 0 Å². The van der Waals surface area contributed by atoms with Crippen LogP contribution in [-0.2, 0) is 19.2 Å². The number of aromatic nitrogens is 2. The van der Waals surface area contributed by atoms with Crippen molar-refractivity contribution in [3.63, 3.8) is 0 Å². The number of nitrogens with two attached hydrogens (primary N) is 1. The molecule has 2 atom stereocenters. The van der Waals surface area contributed by atoms with Crippen LogP contribution in [0.15, 0.2) is 72.8 Å². The number of amides is 7. The number of likely N-dealkylation sites (N-methyl/N-ethyl adjacent to an activating group) is 1. The van der Waals surface area contributed by atoms with E-state index in [1.165, 1.54) is 6.07 Å². The van der Waals surface area contributed by atoms with Crippen molar-refractivity contribution in [3.8, 4) is 22.8 Å². The molecule has 4 aliphatic heterocycles. The molecule has 18 heteroatoms. The highest BCUT2D eigenvalue weighted by molar-refractivity contribution is 6.25. The fraction of sp³-hybridized carbons (Fsp3) is 0.378. The van der Waals surface area contributed by atoms with E-state index in [0.29, 0.717) is 54.7 Å². The highest BCUT2D eigenvalue weighted by atomic mass is 16.5. The number of nitrogens with zero attached hydrogens (tertiary/aromatic N) is 5. The lowest BCUT2D eigenvalue weighted by atomic mass is 9.86. The highest BCUT2D eigenvalue weighted by Crippen LogP contribution is 2.40. The van der Waals surface area contributed by atoms with Crippen LogP contribution in [0.1, 0.15) is 75.6 Å². The first kappa shape index (κ1) is 42.6. The summed E-state index contributed by atoms with van der Waals surface area (Å²) in [5.41, 5.74) is 8.26. The Morgan fingerprint density at radius 1 is 0.889 bits per heavy atom. The van der Waals surface area contributed by atoms with Crippen LogP contribution in [-0.4, -0.2) is 125 Å². The molecule has 1 unspecified atom stereocenters. The molecule has 0 saturated carbocycles. The first-order valence-electron chi connectivity index (χ1n) is 21.3. The van der Waals surface area contributed by atoms with Crippen LogP contribution in [0.25, 0.3) is 11.3 Å². The predicted octanol–water partition coefficient (Wildman–Crippen LogP) is 2.99. The van der Waals surface area contributed by atoms with Crippen molar-refractivity contribution in [2.75, 3.05) is 63.5 Å². The number of piperidine rings is 2. The molecule has 18 nitrogen and oxygen atoms in total. The summed E-state index contributed by atoms with van der Waals surface area (Å²) in [7, 11) is 1.78. The lowest BCUT2D eigenvalue weighted by molar-refractivity contribution is -0.136. The largest absolute Gasteiger partial charge is 0.457 e. The number of likely N-dealkylation sites (tertiary alicyclic amines) is 1. The van der Waals surface area contributed by atoms with E-state index in [2.05, 4.69) is 21.3 Å². The van der Waals surface area contributed by atoms with E-state index in [4.69, 9.17) is 15.6 Å². The third kappa shape index (κ3) is 9.11. The van der Waals surface area contributed by atoms with Crippen molar-refractivity contribution in [3.05, 3.63) is 89.5 Å². The fourth-order valence-corrected chi connectivity index (χ4v) is 8.90. The molecule has 0 spiro atoms. The second-order valence-electron chi connectivity index (χ2n) is 16.3. The Labute approximate surface area is 363 Å². The van der Waals surface area contributed by atoms with Crippen molar-refractivity contribution in [2.45, 2.75) is 50.6 Å². The SMILES string of the molecule is CN(CCC(=O)N1CCC([C@@H]2CCNc3c(C(N)=O)c(-c4ccc(Oc5ccccc5)cc4)nn32)CC1)CC(=O)NCCNc1cccc2c1C(=O)N(C1CCC(=O)NC1=O)C2=O. The first-order valence-corrected chi connectivity index (χ1v) is 21.3. The molecule has 4 aliphatic rings. The molecule has 5 heterocycles. The van der Waals surface area contributed by atoms with E-state index in [9.17, 15) is 33.6 Å². The number of carbonyl (C=O) groups is 7. The van der Waals surface area contributed by atoms with Crippen LogP contribution >= 0.6 is 0 Å². The summed E-state index contributed by atoms with van der Waals surface area (Å²) in [4.78, 5) is 94.0. The summed E-state index contributed by atoms with van der Waals surface area (Å²) >= 11 is 0. The summed E-state index contributed by atoms with van der Waals surface area (Å²) in [6.45, 7) is 2.81. The molecule has 3 aromatic carbocycles. The van der Waals surface area contributed by atoms with Gasteiger partial charge in [0.05, 0.1) is 23.7 Å². The number of para-hydroxylation sites is 1. The Bertz CT molecular complexity index is 2430. The summed E-state index contributed by atoms with van der Waals surface area (Å²) in [6.07, 6.45) is 2.73. The number of hydrogen-bond acceptors (Lipinski definition) is 12. The van der Waals surface area contributed by atoms with E-state index < -0.39 is 35.6 Å². The Balaban J connectivity index is 0.778. The Morgan fingerprint density at radius 2 is 1.63 bits per heavy atom. The van der Waals surface area contributed by atoms with Crippen molar-refractivity contribution in [1.82, 2.24) is 35.1 Å². The number of hydrogen-bond donors (Lipinski definition) is 5. The molecule has 7 amide bonds. The molecule has 2 fully saturated rings. The summed E-state index contributed by atoms with van der Waals surface area (Å²) in [6, 6.07) is 20.7. The molecule has 1 aromatic heterocycles. The minimum absolute atomic E-state index is 0.0209. The van der Waals surface area contributed by atoms with Gasteiger partial charge in [0.25, 0.3) is 17.7 Å². The molecule has 0 radical (unpaired) electrons. The number of benzene rings is 3. The van der Waals surface area contributed by atoms with Gasteiger partial charge < -0.3 is 31.3 Å². The standard InChI is InChI=1S/C45H50N10O8/c1-52(26-36(57)48-22-21-47-32-9-5-8-31-38(32)45(62)54(44(31)61)34-14-15-35(56)50-43(34)60)23-19-37(58)53-24-17-27(18-25-53)33-16-20-49-42-39(41(46)59)40(51-55(33)42)28-10-12-30(13-11-28)63-29-6-3-2-4-7-29/h2-13,27,33-34,47,49H,14-26H2,1H3,(H2,46,59)(H,48,57)(H,50,56,60)/t33-,34?/m0/s1. The van der Waals surface area contributed by atoms with Gasteiger partial charge in [0, 0.05) is 63.4 Å². The summed E-state index contributed by atoms with van der Waals surface area (Å²) in [5.74, 6) is -0.875. The molecule has 6 N–H and O–H groups in total. The zero-order valence-corrected chi connectivity index (χ0v) is 34.9. The number of ether oxygens (including phenoxy) is 1. The van der Waals surface area contributed by atoms with Crippen LogP contribution < -0.4 is 31.7 Å². The second-order valence-corrected chi connectivity index (χ2v) is 16.3. The average Bonchev–Trinajstić information content (AvgIpc) is 3.80. The molecule has 0 aliphatic carbocycles. The van der Waals surface area contributed by atoms with E-state index in [1.54, 1.807) is 24.1 Å². The molecular formula is C45H50N10O8. The van der Waals surface area contributed by atoms with Crippen LogP contribution in [0.2, 0.25) is 0 Å². The Hall–Kier alpha value is -7.08. The highest BCUT2D eigenvalue weighted by Gasteiger charge is 2.45. The number of fused-ring (bicyclic) bond motifs is 2. The lowest BCUT2D eigenvalue weighted by Crippen LogP contribution is -2.54. The monoisotopic (exact) mass is 858 g/mol. The van der Waals surface area contributed by atoms with E-state index in [-0.39, 0.29) is 73.8 Å². The molecule has 328 valence electrons. The Kier molecular flexibility index (Phi) is 12.5. The first-order chi connectivity index (χ1) is 30.5. The maximum Gasteiger partial charge on any atom is 0.264 e. The maximum atomic E-state index is 13.3. The number of anilines is 2. The number of rotatable bonds is 15.